The topological polar surface area (TPSA) is 39.3 Å². The van der Waals surface area contributed by atoms with Gasteiger partial charge in [0.1, 0.15) is 6.10 Å². The molecule has 0 aliphatic heterocycles. The highest BCUT2D eigenvalue weighted by Crippen LogP contribution is 2.42. The van der Waals surface area contributed by atoms with Gasteiger partial charge in [-0.3, -0.25) is 4.79 Å². The van der Waals surface area contributed by atoms with E-state index in [4.69, 9.17) is 4.74 Å². The summed E-state index contributed by atoms with van der Waals surface area (Å²) in [5.41, 5.74) is 12.6. The van der Waals surface area contributed by atoms with Crippen LogP contribution >= 0.6 is 0 Å². The summed E-state index contributed by atoms with van der Waals surface area (Å²) in [6.45, 7) is 2.08. The highest BCUT2D eigenvalue weighted by Gasteiger charge is 2.22. The molecule has 0 N–H and O–H groups in total. The Morgan fingerprint density at radius 1 is 0.415 bits per heavy atom. The molecule has 0 heterocycles. The maximum absolute atomic E-state index is 12.5. The average Bonchev–Trinajstić information content (AvgIpc) is 3.37. The van der Waals surface area contributed by atoms with E-state index in [1.165, 1.54) is 0 Å². The summed E-state index contributed by atoms with van der Waals surface area (Å²) in [7, 11) is 0. The van der Waals surface area contributed by atoms with E-state index in [0.29, 0.717) is 12.8 Å². The van der Waals surface area contributed by atoms with Crippen LogP contribution in [-0.4, -0.2) is 12.1 Å². The third kappa shape index (κ3) is 9.93. The first kappa shape index (κ1) is 42.2. The van der Waals surface area contributed by atoms with Gasteiger partial charge in [-0.15, -0.1) is 0 Å². The fourth-order valence-corrected chi connectivity index (χ4v) is 8.32. The summed E-state index contributed by atoms with van der Waals surface area (Å²) in [6.07, 6.45) is 8.83. The molecular formula is C59H52N4O2. The first-order valence-corrected chi connectivity index (χ1v) is 22.5. The molecule has 1 aliphatic rings. The van der Waals surface area contributed by atoms with E-state index in [2.05, 4.69) is 257 Å². The van der Waals surface area contributed by atoms with Crippen LogP contribution in [0, 0.1) is 0 Å². The van der Waals surface area contributed by atoms with Gasteiger partial charge < -0.3 is 24.3 Å². The molecule has 0 bridgehead atoms. The predicted molar refractivity (Wildman–Crippen MR) is 270 cm³/mol. The van der Waals surface area contributed by atoms with Gasteiger partial charge >= 0.3 is 5.97 Å². The monoisotopic (exact) mass is 848 g/mol. The predicted octanol–water partition coefficient (Wildman–Crippen LogP) is 16.2. The Hall–Kier alpha value is -8.09. The lowest BCUT2D eigenvalue weighted by Gasteiger charge is -2.31. The molecule has 9 rings (SSSR count). The molecule has 320 valence electrons. The van der Waals surface area contributed by atoms with Gasteiger partial charge in [0.2, 0.25) is 0 Å². The van der Waals surface area contributed by atoms with Crippen molar-refractivity contribution in [1.82, 2.24) is 0 Å². The maximum Gasteiger partial charge on any atom is 0.306 e. The van der Waals surface area contributed by atoms with Crippen LogP contribution in [0.25, 0.3) is 0 Å². The van der Waals surface area contributed by atoms with Gasteiger partial charge in [0.25, 0.3) is 0 Å². The van der Waals surface area contributed by atoms with E-state index in [9.17, 15) is 4.79 Å². The van der Waals surface area contributed by atoms with Gasteiger partial charge in [-0.25, -0.2) is 0 Å². The molecule has 1 aliphatic carbocycles. The van der Waals surface area contributed by atoms with Crippen molar-refractivity contribution in [2.45, 2.75) is 38.7 Å². The van der Waals surface area contributed by atoms with Crippen molar-refractivity contribution >= 4 is 68.5 Å². The maximum atomic E-state index is 12.5. The second-order valence-corrected chi connectivity index (χ2v) is 15.9. The van der Waals surface area contributed by atoms with Crippen molar-refractivity contribution in [2.75, 3.05) is 19.6 Å². The van der Waals surface area contributed by atoms with Gasteiger partial charge in [-0.05, 0) is 152 Å². The minimum Gasteiger partial charge on any atom is -0.458 e. The van der Waals surface area contributed by atoms with Crippen molar-refractivity contribution in [2.24, 2.45) is 0 Å². The Morgan fingerprint density at radius 3 is 0.969 bits per heavy atom. The molecule has 0 aromatic heterocycles. The summed E-state index contributed by atoms with van der Waals surface area (Å²) in [5, 5.41) is 0. The molecule has 65 heavy (non-hydrogen) atoms. The van der Waals surface area contributed by atoms with E-state index < -0.39 is 0 Å². The van der Waals surface area contributed by atoms with Gasteiger partial charge in [0.15, 0.2) is 0 Å². The lowest BCUT2D eigenvalue weighted by molar-refractivity contribution is -0.146. The number of rotatable bonds is 16. The first-order valence-electron chi connectivity index (χ1n) is 22.5. The number of ether oxygens (including phenoxy) is 1. The van der Waals surface area contributed by atoms with Crippen LogP contribution in [0.3, 0.4) is 0 Å². The van der Waals surface area contributed by atoms with Crippen LogP contribution in [0.2, 0.25) is 0 Å². The molecular weight excluding hydrogens is 797 g/mol. The van der Waals surface area contributed by atoms with E-state index in [0.717, 1.165) is 81.1 Å². The number of hydrogen-bond donors (Lipinski definition) is 0. The summed E-state index contributed by atoms with van der Waals surface area (Å²) in [4.78, 5) is 21.6. The second-order valence-electron chi connectivity index (χ2n) is 15.9. The van der Waals surface area contributed by atoms with Crippen LogP contribution in [0.1, 0.15) is 32.6 Å². The lowest BCUT2D eigenvalue weighted by atomic mass is 10.1. The van der Waals surface area contributed by atoms with Crippen LogP contribution in [0.5, 0.6) is 0 Å². The zero-order chi connectivity index (χ0) is 44.2. The molecule has 8 aromatic carbocycles. The van der Waals surface area contributed by atoms with Crippen molar-refractivity contribution < 1.29 is 9.53 Å². The second kappa shape index (κ2) is 20.4. The molecule has 1 unspecified atom stereocenters. The quantitative estimate of drug-likeness (QED) is 0.0902. The number of para-hydroxylation sites is 5. The highest BCUT2D eigenvalue weighted by molar-refractivity contribution is 5.84. The fraction of sp³-hybridized carbons (Fsp3) is 0.102. The number of carbonyl (C=O) groups is 1. The molecule has 8 aromatic rings. The summed E-state index contributed by atoms with van der Waals surface area (Å²) in [6, 6.07) is 78.7. The van der Waals surface area contributed by atoms with Gasteiger partial charge in [0.05, 0.1) is 0 Å². The number of nitrogens with zero attached hydrogens (tertiary/aromatic N) is 4. The highest BCUT2D eigenvalue weighted by atomic mass is 16.5. The van der Waals surface area contributed by atoms with E-state index in [-0.39, 0.29) is 12.1 Å². The molecule has 1 atom stereocenters. The van der Waals surface area contributed by atoms with Gasteiger partial charge in [-0.2, -0.15) is 0 Å². The smallest absolute Gasteiger partial charge is 0.306 e. The van der Waals surface area contributed by atoms with Crippen LogP contribution < -0.4 is 19.6 Å². The van der Waals surface area contributed by atoms with Crippen LogP contribution in [0.15, 0.2) is 248 Å². The standard InChI is InChI=1S/C59H52N4O2/c1-2-3-29-59(64)65-58-44-42-57(43-45-58)62(50-27-17-8-18-28-50)53-34-40-56(41-35-53)63(54-36-30-51(31-37-54)60(46-19-9-4-10-20-46)47-21-11-5-12-22-47)55-38-32-52(33-39-55)61(48-23-13-6-14-24-48)49-25-15-7-16-26-49/h4-28,30-44,58H,2-3,29,45H2,1H3. The number of benzene rings is 8. The number of allylic oxidation sites excluding steroid dienone is 1. The molecule has 0 amide bonds. The third-order valence-electron chi connectivity index (χ3n) is 11.5. The molecule has 0 spiro atoms. The number of unbranched alkanes of at least 4 members (excludes halogenated alkanes) is 1. The minimum atomic E-state index is -0.269. The summed E-state index contributed by atoms with van der Waals surface area (Å²) < 4.78 is 5.79. The Morgan fingerprint density at radius 2 is 0.692 bits per heavy atom. The number of anilines is 11. The largest absolute Gasteiger partial charge is 0.458 e. The summed E-state index contributed by atoms with van der Waals surface area (Å²) in [5.74, 6) is -0.142. The first-order chi connectivity index (χ1) is 32.1. The zero-order valence-corrected chi connectivity index (χ0v) is 36.6. The molecule has 6 heteroatoms. The zero-order valence-electron chi connectivity index (χ0n) is 36.6. The van der Waals surface area contributed by atoms with Crippen molar-refractivity contribution in [3.05, 3.63) is 248 Å². The van der Waals surface area contributed by atoms with E-state index >= 15 is 0 Å². The molecule has 0 saturated heterocycles. The average molecular weight is 849 g/mol. The normalized spacial score (nSPS) is 13.1. The fourth-order valence-electron chi connectivity index (χ4n) is 8.32. The lowest BCUT2D eigenvalue weighted by Crippen LogP contribution is -2.21. The Bertz CT molecular complexity index is 2590. The Kier molecular flexibility index (Phi) is 13.2. The molecule has 0 saturated carbocycles. The van der Waals surface area contributed by atoms with Crippen molar-refractivity contribution in [1.29, 1.82) is 0 Å². The SMILES string of the molecule is CCCCC(=O)OC1C=CC(N(c2ccccc2)c2ccc(N(c3ccc(N(c4ccccc4)c4ccccc4)cc3)c3ccc(N(c4ccccc4)c4ccccc4)cc3)cc2)=CC1. The summed E-state index contributed by atoms with van der Waals surface area (Å²) >= 11 is 0. The third-order valence-corrected chi connectivity index (χ3v) is 11.5. The van der Waals surface area contributed by atoms with Crippen LogP contribution in [0.4, 0.5) is 62.6 Å². The van der Waals surface area contributed by atoms with Gasteiger partial charge in [0, 0.05) is 81.1 Å². The Labute approximate surface area is 383 Å². The number of carbonyl (C=O) groups excluding carboxylic acids is 1. The van der Waals surface area contributed by atoms with E-state index in [1.807, 2.05) is 12.1 Å². The molecule has 0 radical (unpaired) electrons. The van der Waals surface area contributed by atoms with Crippen molar-refractivity contribution in [3.63, 3.8) is 0 Å². The minimum absolute atomic E-state index is 0.142. The van der Waals surface area contributed by atoms with Crippen LogP contribution in [-0.2, 0) is 9.53 Å². The molecule has 0 fully saturated rings. The van der Waals surface area contributed by atoms with Gasteiger partial charge in [-0.1, -0.05) is 110 Å². The molecule has 6 nitrogen and oxygen atoms in total. The van der Waals surface area contributed by atoms with E-state index in [1.54, 1.807) is 0 Å². The number of esters is 1. The number of hydrogen-bond acceptors (Lipinski definition) is 6. The Balaban J connectivity index is 1.08. The van der Waals surface area contributed by atoms with Crippen molar-refractivity contribution in [3.8, 4) is 0 Å².